The van der Waals surface area contributed by atoms with Gasteiger partial charge in [-0.3, -0.25) is 4.98 Å². The second-order valence-corrected chi connectivity index (χ2v) is 5.07. The van der Waals surface area contributed by atoms with Gasteiger partial charge in [0.25, 0.3) is 0 Å². The fourth-order valence-corrected chi connectivity index (χ4v) is 2.31. The van der Waals surface area contributed by atoms with E-state index in [0.717, 1.165) is 0 Å². The Morgan fingerprint density at radius 3 is 1.83 bits per heavy atom. The molecule has 0 aliphatic rings. The molecule has 0 aliphatic carbocycles. The van der Waals surface area contributed by atoms with Crippen LogP contribution in [0.2, 0.25) is 0 Å². The Labute approximate surface area is 110 Å². The van der Waals surface area contributed by atoms with Crippen LogP contribution in [0.1, 0.15) is 49.7 Å². The van der Waals surface area contributed by atoms with Crippen molar-refractivity contribution in [1.29, 1.82) is 0 Å². The SMILES string of the molecule is CC(CCC(C)c1ccncc1)c1ccccc1. The number of rotatable bonds is 5. The highest BCUT2D eigenvalue weighted by atomic mass is 14.6. The molecule has 2 rings (SSSR count). The summed E-state index contributed by atoms with van der Waals surface area (Å²) in [6.07, 6.45) is 6.21. The van der Waals surface area contributed by atoms with E-state index >= 15 is 0 Å². The highest BCUT2D eigenvalue weighted by molar-refractivity contribution is 5.19. The molecule has 0 N–H and O–H groups in total. The van der Waals surface area contributed by atoms with Crippen LogP contribution in [0.5, 0.6) is 0 Å². The van der Waals surface area contributed by atoms with Crippen molar-refractivity contribution >= 4 is 0 Å². The monoisotopic (exact) mass is 239 g/mol. The number of benzene rings is 1. The second kappa shape index (κ2) is 6.34. The minimum Gasteiger partial charge on any atom is -0.265 e. The molecule has 94 valence electrons. The van der Waals surface area contributed by atoms with E-state index in [1.807, 2.05) is 12.4 Å². The van der Waals surface area contributed by atoms with Gasteiger partial charge in [-0.2, -0.15) is 0 Å². The van der Waals surface area contributed by atoms with Crippen LogP contribution in [0.3, 0.4) is 0 Å². The predicted octanol–water partition coefficient (Wildman–Crippen LogP) is 4.77. The number of aromatic nitrogens is 1. The lowest BCUT2D eigenvalue weighted by molar-refractivity contribution is 0.573. The minimum absolute atomic E-state index is 0.610. The van der Waals surface area contributed by atoms with E-state index in [0.29, 0.717) is 11.8 Å². The van der Waals surface area contributed by atoms with Gasteiger partial charge in [0.2, 0.25) is 0 Å². The molecule has 2 unspecified atom stereocenters. The van der Waals surface area contributed by atoms with Gasteiger partial charge in [-0.15, -0.1) is 0 Å². The van der Waals surface area contributed by atoms with Gasteiger partial charge in [0.05, 0.1) is 0 Å². The Hall–Kier alpha value is -1.63. The van der Waals surface area contributed by atoms with Gasteiger partial charge in [-0.05, 0) is 47.9 Å². The second-order valence-electron chi connectivity index (χ2n) is 5.07. The van der Waals surface area contributed by atoms with Crippen molar-refractivity contribution in [3.8, 4) is 0 Å². The third-order valence-corrected chi connectivity index (χ3v) is 3.68. The molecule has 0 fully saturated rings. The molecule has 0 spiro atoms. The van der Waals surface area contributed by atoms with Gasteiger partial charge in [0.1, 0.15) is 0 Å². The fourth-order valence-electron chi connectivity index (χ4n) is 2.31. The normalized spacial score (nSPS) is 14.1. The summed E-state index contributed by atoms with van der Waals surface area (Å²) in [5, 5.41) is 0. The summed E-state index contributed by atoms with van der Waals surface area (Å²) in [6, 6.07) is 15.0. The Bertz CT molecular complexity index is 404. The van der Waals surface area contributed by atoms with Gasteiger partial charge in [0, 0.05) is 12.4 Å². The highest BCUT2D eigenvalue weighted by Crippen LogP contribution is 2.26. The van der Waals surface area contributed by atoms with Crippen LogP contribution in [0.4, 0.5) is 0 Å². The van der Waals surface area contributed by atoms with Crippen molar-refractivity contribution in [2.75, 3.05) is 0 Å². The molecule has 0 saturated heterocycles. The Kier molecular flexibility index (Phi) is 4.52. The van der Waals surface area contributed by atoms with Crippen LogP contribution in [0.15, 0.2) is 54.9 Å². The quantitative estimate of drug-likeness (QED) is 0.732. The standard InChI is InChI=1S/C17H21N/c1-14(16-6-4-3-5-7-16)8-9-15(2)17-10-12-18-13-11-17/h3-7,10-15H,8-9H2,1-2H3. The smallest absolute Gasteiger partial charge is 0.0270 e. The van der Waals surface area contributed by atoms with Crippen LogP contribution in [-0.2, 0) is 0 Å². The lowest BCUT2D eigenvalue weighted by Crippen LogP contribution is -1.99. The maximum absolute atomic E-state index is 4.07. The molecule has 1 nitrogen and oxygen atoms in total. The average Bonchev–Trinajstić information content (AvgIpc) is 2.46. The van der Waals surface area contributed by atoms with Crippen molar-refractivity contribution in [1.82, 2.24) is 4.98 Å². The minimum atomic E-state index is 0.610. The molecule has 0 bridgehead atoms. The first-order valence-electron chi connectivity index (χ1n) is 6.72. The van der Waals surface area contributed by atoms with Crippen molar-refractivity contribution in [2.24, 2.45) is 0 Å². The lowest BCUT2D eigenvalue weighted by atomic mass is 9.90. The molecule has 0 saturated carbocycles. The summed E-state index contributed by atoms with van der Waals surface area (Å²) in [5.74, 6) is 1.25. The first-order valence-corrected chi connectivity index (χ1v) is 6.72. The van der Waals surface area contributed by atoms with E-state index in [9.17, 15) is 0 Å². The number of nitrogens with zero attached hydrogens (tertiary/aromatic N) is 1. The van der Waals surface area contributed by atoms with Crippen molar-refractivity contribution in [3.05, 3.63) is 66.0 Å². The summed E-state index contributed by atoms with van der Waals surface area (Å²) in [4.78, 5) is 4.07. The maximum Gasteiger partial charge on any atom is 0.0270 e. The Morgan fingerprint density at radius 2 is 1.28 bits per heavy atom. The van der Waals surface area contributed by atoms with Crippen LogP contribution in [0.25, 0.3) is 0 Å². The Morgan fingerprint density at radius 1 is 0.778 bits per heavy atom. The largest absolute Gasteiger partial charge is 0.265 e. The summed E-state index contributed by atoms with van der Waals surface area (Å²) in [7, 11) is 0. The molecule has 1 heterocycles. The summed E-state index contributed by atoms with van der Waals surface area (Å²) in [6.45, 7) is 4.61. The van der Waals surface area contributed by atoms with Gasteiger partial charge in [0.15, 0.2) is 0 Å². The molecule has 18 heavy (non-hydrogen) atoms. The fraction of sp³-hybridized carbons (Fsp3) is 0.353. The van der Waals surface area contributed by atoms with Crippen molar-refractivity contribution in [2.45, 2.75) is 38.5 Å². The van der Waals surface area contributed by atoms with E-state index in [-0.39, 0.29) is 0 Å². The lowest BCUT2D eigenvalue weighted by Gasteiger charge is -2.16. The van der Waals surface area contributed by atoms with Crippen LogP contribution < -0.4 is 0 Å². The van der Waals surface area contributed by atoms with E-state index in [4.69, 9.17) is 0 Å². The van der Waals surface area contributed by atoms with Crippen LogP contribution in [0, 0.1) is 0 Å². The van der Waals surface area contributed by atoms with Crippen molar-refractivity contribution in [3.63, 3.8) is 0 Å². The molecule has 0 radical (unpaired) electrons. The molecule has 1 aromatic heterocycles. The zero-order chi connectivity index (χ0) is 12.8. The molecule has 1 aromatic carbocycles. The van der Waals surface area contributed by atoms with E-state index in [1.165, 1.54) is 24.0 Å². The van der Waals surface area contributed by atoms with Crippen molar-refractivity contribution < 1.29 is 0 Å². The van der Waals surface area contributed by atoms with E-state index in [1.54, 1.807) is 0 Å². The van der Waals surface area contributed by atoms with E-state index in [2.05, 4.69) is 61.3 Å². The molecular formula is C17H21N. The Balaban J connectivity index is 1.89. The topological polar surface area (TPSA) is 12.9 Å². The molecule has 1 heteroatoms. The zero-order valence-corrected chi connectivity index (χ0v) is 11.2. The third kappa shape index (κ3) is 3.43. The number of pyridine rings is 1. The van der Waals surface area contributed by atoms with Crippen LogP contribution in [-0.4, -0.2) is 4.98 Å². The molecule has 0 amide bonds. The number of hydrogen-bond donors (Lipinski definition) is 0. The van der Waals surface area contributed by atoms with Gasteiger partial charge in [-0.25, -0.2) is 0 Å². The predicted molar refractivity (Wildman–Crippen MR) is 76.7 cm³/mol. The number of hydrogen-bond acceptors (Lipinski definition) is 1. The van der Waals surface area contributed by atoms with E-state index < -0.39 is 0 Å². The third-order valence-electron chi connectivity index (χ3n) is 3.68. The van der Waals surface area contributed by atoms with Crippen LogP contribution >= 0.6 is 0 Å². The molecule has 2 aromatic rings. The summed E-state index contributed by atoms with van der Waals surface area (Å²) >= 11 is 0. The van der Waals surface area contributed by atoms with Gasteiger partial charge >= 0.3 is 0 Å². The molecule has 2 atom stereocenters. The first kappa shape index (κ1) is 12.8. The summed E-state index contributed by atoms with van der Waals surface area (Å²) in [5.41, 5.74) is 2.84. The average molecular weight is 239 g/mol. The maximum atomic E-state index is 4.07. The molecule has 0 aliphatic heterocycles. The highest BCUT2D eigenvalue weighted by Gasteiger charge is 2.09. The first-order chi connectivity index (χ1) is 8.77. The molecular weight excluding hydrogens is 218 g/mol. The summed E-state index contributed by atoms with van der Waals surface area (Å²) < 4.78 is 0. The van der Waals surface area contributed by atoms with Gasteiger partial charge in [-0.1, -0.05) is 44.2 Å². The van der Waals surface area contributed by atoms with Gasteiger partial charge < -0.3 is 0 Å². The zero-order valence-electron chi connectivity index (χ0n) is 11.2.